The molecule has 1 aliphatic carbocycles. The normalized spacial score (nSPS) is 25.1. The second-order valence-corrected chi connectivity index (χ2v) is 7.88. The lowest BCUT2D eigenvalue weighted by Crippen LogP contribution is -2.29. The number of fused-ring (bicyclic) bond motifs is 1. The maximum absolute atomic E-state index is 12.5. The molecule has 7 heteroatoms. The van der Waals surface area contributed by atoms with E-state index in [-0.39, 0.29) is 21.4 Å². The van der Waals surface area contributed by atoms with Gasteiger partial charge in [-0.2, -0.15) is 0 Å². The maximum atomic E-state index is 12.5. The first-order chi connectivity index (χ1) is 9.84. The molecule has 1 saturated heterocycles. The molecule has 1 heterocycles. The number of halogens is 1. The van der Waals surface area contributed by atoms with Gasteiger partial charge in [0.15, 0.2) is 0 Å². The lowest BCUT2D eigenvalue weighted by atomic mass is 10.0. The number of nitrogens with two attached hydrogens (primary N) is 1. The van der Waals surface area contributed by atoms with Crippen LogP contribution >= 0.6 is 11.6 Å². The predicted octanol–water partition coefficient (Wildman–Crippen LogP) is 1.86. The number of hydrogen-bond donors (Lipinski definition) is 1. The molecule has 2 aliphatic rings. The molecule has 5 nitrogen and oxygen atoms in total. The summed E-state index contributed by atoms with van der Waals surface area (Å²) in [5.74, 6) is 1.01. The van der Waals surface area contributed by atoms with Crippen molar-refractivity contribution in [3.8, 4) is 0 Å². The number of carbonyl (C=O) groups excluding carboxylic acids is 1. The van der Waals surface area contributed by atoms with Crippen molar-refractivity contribution in [2.45, 2.75) is 24.2 Å². The zero-order valence-corrected chi connectivity index (χ0v) is 13.0. The van der Waals surface area contributed by atoms with Crippen LogP contribution in [0.15, 0.2) is 23.1 Å². The fourth-order valence-corrected chi connectivity index (χ4v) is 4.32. The Hall–Kier alpha value is -1.11. The number of sulfonamides is 1. The van der Waals surface area contributed by atoms with Gasteiger partial charge in [-0.15, -0.1) is 0 Å². The summed E-state index contributed by atoms with van der Waals surface area (Å²) in [7, 11) is -3.88. The van der Waals surface area contributed by atoms with Crippen LogP contribution < -0.4 is 5.14 Å². The van der Waals surface area contributed by atoms with Crippen LogP contribution in [-0.4, -0.2) is 32.3 Å². The summed E-state index contributed by atoms with van der Waals surface area (Å²) in [6.45, 7) is 1.50. The number of benzene rings is 1. The number of rotatable bonds is 2. The van der Waals surface area contributed by atoms with Gasteiger partial charge in [-0.1, -0.05) is 18.0 Å². The van der Waals surface area contributed by atoms with E-state index in [1.807, 2.05) is 0 Å². The summed E-state index contributed by atoms with van der Waals surface area (Å²) < 4.78 is 22.9. The molecule has 2 atom stereocenters. The van der Waals surface area contributed by atoms with Gasteiger partial charge >= 0.3 is 0 Å². The van der Waals surface area contributed by atoms with Gasteiger partial charge in [-0.05, 0) is 42.9 Å². The van der Waals surface area contributed by atoms with E-state index in [0.29, 0.717) is 11.8 Å². The molecule has 1 aromatic carbocycles. The van der Waals surface area contributed by atoms with Crippen molar-refractivity contribution in [3.05, 3.63) is 28.8 Å². The molecule has 1 saturated carbocycles. The van der Waals surface area contributed by atoms with Crippen molar-refractivity contribution in [1.29, 1.82) is 0 Å². The van der Waals surface area contributed by atoms with Gasteiger partial charge in [0.1, 0.15) is 0 Å². The third-order valence-corrected chi connectivity index (χ3v) is 5.57. The Morgan fingerprint density at radius 3 is 2.38 bits per heavy atom. The molecule has 114 valence electrons. The molecular formula is C14H17ClN2O3S. The van der Waals surface area contributed by atoms with Crippen molar-refractivity contribution in [1.82, 2.24) is 4.90 Å². The largest absolute Gasteiger partial charge is 0.338 e. The van der Waals surface area contributed by atoms with Gasteiger partial charge < -0.3 is 4.90 Å². The Morgan fingerprint density at radius 2 is 1.81 bits per heavy atom. The van der Waals surface area contributed by atoms with Crippen molar-refractivity contribution in [2.24, 2.45) is 17.0 Å². The van der Waals surface area contributed by atoms with Crippen LogP contribution in [0.25, 0.3) is 0 Å². The zero-order valence-electron chi connectivity index (χ0n) is 11.5. The van der Waals surface area contributed by atoms with Gasteiger partial charge in [0.05, 0.1) is 4.90 Å². The van der Waals surface area contributed by atoms with Gasteiger partial charge in [0.2, 0.25) is 10.0 Å². The molecular weight excluding hydrogens is 312 g/mol. The van der Waals surface area contributed by atoms with Gasteiger partial charge in [0.25, 0.3) is 5.91 Å². The Kier molecular flexibility index (Phi) is 3.71. The fraction of sp³-hybridized carbons (Fsp3) is 0.500. The van der Waals surface area contributed by atoms with E-state index in [0.717, 1.165) is 13.1 Å². The summed E-state index contributed by atoms with van der Waals surface area (Å²) in [5.41, 5.74) is 0.284. The van der Waals surface area contributed by atoms with E-state index in [1.165, 1.54) is 37.5 Å². The van der Waals surface area contributed by atoms with E-state index in [9.17, 15) is 13.2 Å². The lowest BCUT2D eigenvalue weighted by Gasteiger charge is -2.18. The van der Waals surface area contributed by atoms with E-state index >= 15 is 0 Å². The summed E-state index contributed by atoms with van der Waals surface area (Å²) in [6, 6.07) is 4.05. The van der Waals surface area contributed by atoms with Gasteiger partial charge in [-0.3, -0.25) is 4.79 Å². The average Bonchev–Trinajstić information content (AvgIpc) is 2.96. The van der Waals surface area contributed by atoms with E-state index in [2.05, 4.69) is 0 Å². The smallest absolute Gasteiger partial charge is 0.253 e. The Labute approximate surface area is 129 Å². The number of nitrogens with zero attached hydrogens (tertiary/aromatic N) is 1. The minimum atomic E-state index is -3.88. The Morgan fingerprint density at radius 1 is 1.19 bits per heavy atom. The van der Waals surface area contributed by atoms with E-state index in [4.69, 9.17) is 16.7 Å². The number of amides is 1. The maximum Gasteiger partial charge on any atom is 0.253 e. The molecule has 21 heavy (non-hydrogen) atoms. The van der Waals surface area contributed by atoms with Crippen LogP contribution in [0.5, 0.6) is 0 Å². The van der Waals surface area contributed by atoms with Crippen LogP contribution in [0.3, 0.4) is 0 Å². The van der Waals surface area contributed by atoms with Crippen molar-refractivity contribution >= 4 is 27.5 Å². The number of likely N-dealkylation sites (tertiary alicyclic amines) is 1. The van der Waals surface area contributed by atoms with Crippen molar-refractivity contribution in [2.75, 3.05) is 13.1 Å². The molecule has 0 spiro atoms. The minimum Gasteiger partial charge on any atom is -0.338 e. The number of carbonyl (C=O) groups is 1. The highest BCUT2D eigenvalue weighted by atomic mass is 35.5. The number of primary sulfonamides is 1. The Balaban J connectivity index is 1.87. The SMILES string of the molecule is NS(=O)(=O)c1cc(Cl)cc(C(=O)N2CC3CCCC3C2)c1. The van der Waals surface area contributed by atoms with Crippen LogP contribution in [-0.2, 0) is 10.0 Å². The monoisotopic (exact) mass is 328 g/mol. The third-order valence-electron chi connectivity index (χ3n) is 4.46. The first-order valence-electron chi connectivity index (χ1n) is 6.97. The van der Waals surface area contributed by atoms with Crippen LogP contribution in [0.1, 0.15) is 29.6 Å². The Bertz CT molecular complexity index is 677. The first kappa shape index (κ1) is 14.8. The summed E-state index contributed by atoms with van der Waals surface area (Å²) in [6.07, 6.45) is 3.59. The minimum absolute atomic E-state index is 0.127. The fourth-order valence-electron chi connectivity index (χ4n) is 3.43. The summed E-state index contributed by atoms with van der Waals surface area (Å²) in [4.78, 5) is 14.2. The molecule has 2 N–H and O–H groups in total. The second-order valence-electron chi connectivity index (χ2n) is 5.88. The highest BCUT2D eigenvalue weighted by Gasteiger charge is 2.38. The van der Waals surface area contributed by atoms with Crippen LogP contribution in [0.2, 0.25) is 5.02 Å². The zero-order chi connectivity index (χ0) is 15.2. The molecule has 1 amide bonds. The van der Waals surface area contributed by atoms with E-state index < -0.39 is 10.0 Å². The summed E-state index contributed by atoms with van der Waals surface area (Å²) >= 11 is 5.91. The second kappa shape index (κ2) is 5.26. The molecule has 0 bridgehead atoms. The van der Waals surface area contributed by atoms with Crippen LogP contribution in [0, 0.1) is 11.8 Å². The predicted molar refractivity (Wildman–Crippen MR) is 79.6 cm³/mol. The van der Waals surface area contributed by atoms with Gasteiger partial charge in [0, 0.05) is 23.7 Å². The molecule has 2 fully saturated rings. The van der Waals surface area contributed by atoms with Gasteiger partial charge in [-0.25, -0.2) is 13.6 Å². The topological polar surface area (TPSA) is 80.5 Å². The number of hydrogen-bond acceptors (Lipinski definition) is 3. The molecule has 0 radical (unpaired) electrons. The van der Waals surface area contributed by atoms with Crippen molar-refractivity contribution in [3.63, 3.8) is 0 Å². The average molecular weight is 329 g/mol. The molecule has 2 unspecified atom stereocenters. The van der Waals surface area contributed by atoms with Crippen LogP contribution in [0.4, 0.5) is 0 Å². The standard InChI is InChI=1S/C14H17ClN2O3S/c15-12-4-11(5-13(6-12)21(16,19)20)14(18)17-7-9-2-1-3-10(9)8-17/h4-6,9-10H,1-3,7-8H2,(H2,16,19,20). The third kappa shape index (κ3) is 2.93. The van der Waals surface area contributed by atoms with Crippen molar-refractivity contribution < 1.29 is 13.2 Å². The molecule has 3 rings (SSSR count). The highest BCUT2D eigenvalue weighted by molar-refractivity contribution is 7.89. The molecule has 1 aromatic rings. The lowest BCUT2D eigenvalue weighted by molar-refractivity contribution is 0.0780. The molecule has 0 aromatic heterocycles. The van der Waals surface area contributed by atoms with E-state index in [1.54, 1.807) is 4.90 Å². The summed E-state index contributed by atoms with van der Waals surface area (Å²) in [5, 5.41) is 5.31. The first-order valence-corrected chi connectivity index (χ1v) is 8.89. The highest BCUT2D eigenvalue weighted by Crippen LogP contribution is 2.38. The quantitative estimate of drug-likeness (QED) is 0.899. The molecule has 1 aliphatic heterocycles.